The Hall–Kier alpha value is -2.31. The third-order valence-electron chi connectivity index (χ3n) is 5.17. The number of nitrogens with one attached hydrogen (secondary N) is 3. The third kappa shape index (κ3) is 4.01. The number of thioether (sulfide) groups is 1. The lowest BCUT2D eigenvalue weighted by Crippen LogP contribution is -3.14. The van der Waals surface area contributed by atoms with E-state index in [-0.39, 0.29) is 17.2 Å². The maximum Gasteiger partial charge on any atom is 0.294 e. The molecule has 2 aromatic carbocycles. The quantitative estimate of drug-likeness (QED) is 0.758. The van der Waals surface area contributed by atoms with Crippen LogP contribution in [0.5, 0.6) is 0 Å². The van der Waals surface area contributed by atoms with Gasteiger partial charge in [0, 0.05) is 29.8 Å². The number of rotatable bonds is 4. The van der Waals surface area contributed by atoms with Crippen molar-refractivity contribution in [1.82, 2.24) is 5.32 Å². The standard InChI is InChI=1S/C21H23N3O2S/c1-14-4-6-15(7-5-14)13-22-19(25)16-8-9-18-17(12-16)23-20(26)21(27-18)24-10-2-3-11-24/h4-9,12,21H,2-3,10-11,13H2,1H3,(H,22,25)(H,23,26)/p+1. The van der Waals surface area contributed by atoms with Gasteiger partial charge >= 0.3 is 0 Å². The summed E-state index contributed by atoms with van der Waals surface area (Å²) in [6, 6.07) is 13.7. The van der Waals surface area contributed by atoms with Crippen LogP contribution >= 0.6 is 11.8 Å². The zero-order valence-electron chi connectivity index (χ0n) is 15.4. The van der Waals surface area contributed by atoms with E-state index < -0.39 is 0 Å². The van der Waals surface area contributed by atoms with Crippen molar-refractivity contribution in [3.05, 3.63) is 59.2 Å². The maximum atomic E-state index is 12.5. The predicted octanol–water partition coefficient (Wildman–Crippen LogP) is 1.97. The van der Waals surface area contributed by atoms with E-state index in [1.54, 1.807) is 17.8 Å². The van der Waals surface area contributed by atoms with E-state index in [2.05, 4.69) is 10.6 Å². The van der Waals surface area contributed by atoms with Gasteiger partial charge in [-0.25, -0.2) is 0 Å². The highest BCUT2D eigenvalue weighted by atomic mass is 32.2. The molecular formula is C21H24N3O2S+. The molecule has 2 aliphatic rings. The Labute approximate surface area is 163 Å². The zero-order valence-corrected chi connectivity index (χ0v) is 16.2. The molecule has 2 amide bonds. The first-order valence-electron chi connectivity index (χ1n) is 9.40. The van der Waals surface area contributed by atoms with E-state index in [4.69, 9.17) is 0 Å². The van der Waals surface area contributed by atoms with Crippen LogP contribution in [0.25, 0.3) is 0 Å². The molecule has 0 saturated carbocycles. The van der Waals surface area contributed by atoms with Crippen LogP contribution in [0, 0.1) is 6.92 Å². The van der Waals surface area contributed by atoms with Crippen LogP contribution in [0.4, 0.5) is 5.69 Å². The first kappa shape index (κ1) is 18.1. The third-order valence-corrected chi connectivity index (χ3v) is 6.57. The molecule has 140 valence electrons. The van der Waals surface area contributed by atoms with Crippen LogP contribution in [0.1, 0.15) is 34.3 Å². The van der Waals surface area contributed by atoms with Gasteiger partial charge in [0.05, 0.1) is 18.8 Å². The molecule has 6 heteroatoms. The maximum absolute atomic E-state index is 12.5. The van der Waals surface area contributed by atoms with Crippen LogP contribution in [0.2, 0.25) is 0 Å². The molecule has 1 fully saturated rings. The largest absolute Gasteiger partial charge is 0.348 e. The van der Waals surface area contributed by atoms with Gasteiger partial charge in [0.25, 0.3) is 11.8 Å². The van der Waals surface area contributed by atoms with Crippen LogP contribution < -0.4 is 15.5 Å². The van der Waals surface area contributed by atoms with Crippen molar-refractivity contribution in [2.24, 2.45) is 0 Å². The van der Waals surface area contributed by atoms with Crippen LogP contribution in [0.15, 0.2) is 47.4 Å². The minimum Gasteiger partial charge on any atom is -0.348 e. The van der Waals surface area contributed by atoms with Crippen molar-refractivity contribution in [3.8, 4) is 0 Å². The molecule has 0 bridgehead atoms. The summed E-state index contributed by atoms with van der Waals surface area (Å²) in [7, 11) is 0. The monoisotopic (exact) mass is 382 g/mol. The van der Waals surface area contributed by atoms with Crippen LogP contribution in [-0.2, 0) is 11.3 Å². The second kappa shape index (κ2) is 7.74. The number of quaternary nitrogens is 1. The first-order valence-corrected chi connectivity index (χ1v) is 10.3. The van der Waals surface area contributed by atoms with E-state index in [1.165, 1.54) is 23.3 Å². The fourth-order valence-electron chi connectivity index (χ4n) is 3.60. The Kier molecular flexibility index (Phi) is 5.18. The summed E-state index contributed by atoms with van der Waals surface area (Å²) >= 11 is 1.61. The van der Waals surface area contributed by atoms with E-state index in [0.717, 1.165) is 29.2 Å². The molecule has 2 heterocycles. The highest BCUT2D eigenvalue weighted by molar-refractivity contribution is 8.00. The Balaban J connectivity index is 1.43. The molecule has 4 rings (SSSR count). The summed E-state index contributed by atoms with van der Waals surface area (Å²) in [5.41, 5.74) is 3.56. The van der Waals surface area contributed by atoms with Crippen LogP contribution in [-0.4, -0.2) is 30.3 Å². The highest BCUT2D eigenvalue weighted by Crippen LogP contribution is 2.34. The average Bonchev–Trinajstić information content (AvgIpc) is 3.21. The molecule has 2 aliphatic heterocycles. The highest BCUT2D eigenvalue weighted by Gasteiger charge is 2.37. The van der Waals surface area contributed by atoms with Crippen molar-refractivity contribution in [3.63, 3.8) is 0 Å². The second-order valence-corrected chi connectivity index (χ2v) is 8.38. The topological polar surface area (TPSA) is 62.6 Å². The molecule has 2 aromatic rings. The summed E-state index contributed by atoms with van der Waals surface area (Å²) < 4.78 is 0. The normalized spacial score (nSPS) is 19.4. The number of carbonyl (C=O) groups is 2. The van der Waals surface area contributed by atoms with E-state index >= 15 is 0 Å². The van der Waals surface area contributed by atoms with Gasteiger partial charge in [0.15, 0.2) is 0 Å². The van der Waals surface area contributed by atoms with Gasteiger partial charge in [-0.15, -0.1) is 0 Å². The van der Waals surface area contributed by atoms with Gasteiger partial charge in [-0.3, -0.25) is 9.59 Å². The molecule has 0 aliphatic carbocycles. The summed E-state index contributed by atoms with van der Waals surface area (Å²) in [4.78, 5) is 27.4. The van der Waals surface area contributed by atoms with Crippen molar-refractivity contribution in [2.45, 2.75) is 36.6 Å². The van der Waals surface area contributed by atoms with E-state index in [0.29, 0.717) is 12.1 Å². The van der Waals surface area contributed by atoms with Crippen molar-refractivity contribution in [2.75, 3.05) is 18.4 Å². The van der Waals surface area contributed by atoms with Crippen molar-refractivity contribution >= 4 is 29.3 Å². The van der Waals surface area contributed by atoms with Crippen LogP contribution in [0.3, 0.4) is 0 Å². The van der Waals surface area contributed by atoms with Gasteiger partial charge < -0.3 is 15.5 Å². The first-order chi connectivity index (χ1) is 13.1. The molecule has 1 saturated heterocycles. The number of carbonyl (C=O) groups excluding carboxylic acids is 2. The lowest BCUT2D eigenvalue weighted by atomic mass is 10.1. The van der Waals surface area contributed by atoms with Gasteiger partial charge in [0.2, 0.25) is 5.37 Å². The lowest BCUT2D eigenvalue weighted by molar-refractivity contribution is -0.888. The average molecular weight is 383 g/mol. The molecule has 1 unspecified atom stereocenters. The molecule has 5 nitrogen and oxygen atoms in total. The number of hydrogen-bond acceptors (Lipinski definition) is 3. The fraction of sp³-hybridized carbons (Fsp3) is 0.333. The summed E-state index contributed by atoms with van der Waals surface area (Å²) in [6.07, 6.45) is 2.37. The molecule has 3 N–H and O–H groups in total. The summed E-state index contributed by atoms with van der Waals surface area (Å²) in [6.45, 7) is 4.63. The lowest BCUT2D eigenvalue weighted by Gasteiger charge is -2.28. The number of likely N-dealkylation sites (tertiary alicyclic amines) is 1. The minimum atomic E-state index is -0.134. The number of fused-ring (bicyclic) bond motifs is 1. The van der Waals surface area contributed by atoms with E-state index in [9.17, 15) is 9.59 Å². The van der Waals surface area contributed by atoms with Gasteiger partial charge in [0.1, 0.15) is 0 Å². The minimum absolute atomic E-state index is 0.0432. The fourth-order valence-corrected chi connectivity index (χ4v) is 4.81. The molecule has 0 aromatic heterocycles. The molecule has 27 heavy (non-hydrogen) atoms. The number of benzene rings is 2. The number of hydrogen-bond donors (Lipinski definition) is 3. The summed E-state index contributed by atoms with van der Waals surface area (Å²) in [5.74, 6) is -0.0912. The van der Waals surface area contributed by atoms with Gasteiger partial charge in [-0.05, 0) is 30.7 Å². The SMILES string of the molecule is Cc1ccc(CNC(=O)c2ccc3c(c2)NC(=O)C([NH+]2CCCC2)S3)cc1. The number of aryl methyl sites for hydroxylation is 1. The van der Waals surface area contributed by atoms with Crippen molar-refractivity contribution < 1.29 is 14.5 Å². The smallest absolute Gasteiger partial charge is 0.294 e. The number of anilines is 1. The molecule has 0 radical (unpaired) electrons. The van der Waals surface area contributed by atoms with Gasteiger partial charge in [-0.2, -0.15) is 0 Å². The molecule has 0 spiro atoms. The number of amides is 2. The summed E-state index contributed by atoms with van der Waals surface area (Å²) in [5, 5.41) is 5.86. The molecule has 1 atom stereocenters. The Morgan fingerprint density at radius 3 is 2.67 bits per heavy atom. The predicted molar refractivity (Wildman–Crippen MR) is 107 cm³/mol. The van der Waals surface area contributed by atoms with Crippen molar-refractivity contribution in [1.29, 1.82) is 0 Å². The molecular weight excluding hydrogens is 358 g/mol. The Morgan fingerprint density at radius 2 is 1.93 bits per heavy atom. The Morgan fingerprint density at radius 1 is 1.19 bits per heavy atom. The Bertz CT molecular complexity index is 860. The van der Waals surface area contributed by atoms with Gasteiger partial charge in [-0.1, -0.05) is 41.6 Å². The van der Waals surface area contributed by atoms with E-state index in [1.807, 2.05) is 43.3 Å². The zero-order chi connectivity index (χ0) is 18.8. The second-order valence-electron chi connectivity index (χ2n) is 7.23.